The van der Waals surface area contributed by atoms with Crippen LogP contribution in [0.25, 0.3) is 0 Å². The van der Waals surface area contributed by atoms with E-state index in [0.29, 0.717) is 11.0 Å². The number of primary amides is 1. The lowest BCUT2D eigenvalue weighted by molar-refractivity contribution is 0.0306. The van der Waals surface area contributed by atoms with Gasteiger partial charge in [-0.1, -0.05) is 6.42 Å². The Morgan fingerprint density at radius 2 is 1.72 bits per heavy atom. The third kappa shape index (κ3) is 3.29. The van der Waals surface area contributed by atoms with Crippen molar-refractivity contribution in [2.45, 2.75) is 57.9 Å². The van der Waals surface area contributed by atoms with Crippen LogP contribution in [0.3, 0.4) is 0 Å². The molecular weight excluding hydrogens is 310 g/mol. The van der Waals surface area contributed by atoms with Gasteiger partial charge in [0.1, 0.15) is 0 Å². The number of amides is 1. The molecule has 1 amide bonds. The third-order valence-electron chi connectivity index (χ3n) is 7.11. The van der Waals surface area contributed by atoms with Crippen LogP contribution in [-0.4, -0.2) is 43.0 Å². The highest BCUT2D eigenvalue weighted by Gasteiger charge is 2.39. The largest absolute Gasteiger partial charge is 0.371 e. The van der Waals surface area contributed by atoms with E-state index < -0.39 is 0 Å². The van der Waals surface area contributed by atoms with E-state index in [9.17, 15) is 4.79 Å². The number of anilines is 1. The van der Waals surface area contributed by atoms with Gasteiger partial charge in [-0.15, -0.1) is 0 Å². The Kier molecular flexibility index (Phi) is 4.48. The van der Waals surface area contributed by atoms with E-state index in [0.717, 1.165) is 24.7 Å². The number of hydrogen-bond acceptors (Lipinski definition) is 3. The first kappa shape index (κ1) is 16.9. The number of benzene rings is 1. The highest BCUT2D eigenvalue weighted by atomic mass is 16.1. The van der Waals surface area contributed by atoms with Crippen molar-refractivity contribution in [1.29, 1.82) is 0 Å². The van der Waals surface area contributed by atoms with E-state index in [1.54, 1.807) is 0 Å². The van der Waals surface area contributed by atoms with Crippen LogP contribution < -0.4 is 10.6 Å². The molecule has 2 heterocycles. The number of hydrogen-bond donors (Lipinski definition) is 1. The van der Waals surface area contributed by atoms with E-state index in [1.807, 2.05) is 13.0 Å². The molecule has 4 heteroatoms. The summed E-state index contributed by atoms with van der Waals surface area (Å²) in [4.78, 5) is 16.7. The van der Waals surface area contributed by atoms with Crippen LogP contribution in [-0.2, 0) is 0 Å². The Morgan fingerprint density at radius 3 is 2.24 bits per heavy atom. The summed E-state index contributed by atoms with van der Waals surface area (Å²) in [6.07, 6.45) is 9.69. The van der Waals surface area contributed by atoms with Crippen molar-refractivity contribution in [3.05, 3.63) is 29.3 Å². The number of rotatable bonds is 3. The Morgan fingerprint density at radius 1 is 1.08 bits per heavy atom. The van der Waals surface area contributed by atoms with Crippen LogP contribution in [0.2, 0.25) is 0 Å². The van der Waals surface area contributed by atoms with Gasteiger partial charge in [-0.05, 0) is 87.7 Å². The van der Waals surface area contributed by atoms with Gasteiger partial charge < -0.3 is 15.5 Å². The number of aryl methyl sites for hydroxylation is 1. The summed E-state index contributed by atoms with van der Waals surface area (Å²) < 4.78 is 0. The minimum absolute atomic E-state index is 0.333. The lowest BCUT2D eigenvalue weighted by Crippen LogP contribution is -2.50. The standard InChI is InChI=1S/C21H31N3O/c1-16-15-18(5-6-19(16)20(22)25)24-13-9-21(10-14-24)7-11-23(12-8-21)17-3-2-4-17/h5-6,15,17H,2-4,7-14H2,1H3,(H2,22,25). The first-order valence-corrected chi connectivity index (χ1v) is 9.96. The average molecular weight is 341 g/mol. The highest BCUT2D eigenvalue weighted by molar-refractivity contribution is 5.94. The van der Waals surface area contributed by atoms with Gasteiger partial charge in [0, 0.05) is 30.4 Å². The van der Waals surface area contributed by atoms with Crippen LogP contribution in [0.1, 0.15) is 60.9 Å². The number of piperidine rings is 2. The average Bonchev–Trinajstić information content (AvgIpc) is 2.56. The van der Waals surface area contributed by atoms with Crippen molar-refractivity contribution in [3.8, 4) is 0 Å². The summed E-state index contributed by atoms with van der Waals surface area (Å²) in [6.45, 7) is 6.89. The highest BCUT2D eigenvalue weighted by Crippen LogP contribution is 2.43. The molecule has 25 heavy (non-hydrogen) atoms. The van der Waals surface area contributed by atoms with E-state index in [-0.39, 0.29) is 5.91 Å². The van der Waals surface area contributed by atoms with Gasteiger partial charge in [-0.25, -0.2) is 0 Å². The van der Waals surface area contributed by atoms with Crippen molar-refractivity contribution in [2.24, 2.45) is 11.1 Å². The van der Waals surface area contributed by atoms with Gasteiger partial charge >= 0.3 is 0 Å². The fraction of sp³-hybridized carbons (Fsp3) is 0.667. The molecule has 0 radical (unpaired) electrons. The molecule has 1 aliphatic carbocycles. The maximum atomic E-state index is 11.4. The Balaban J connectivity index is 1.35. The van der Waals surface area contributed by atoms with E-state index in [4.69, 9.17) is 5.73 Å². The summed E-state index contributed by atoms with van der Waals surface area (Å²) >= 11 is 0. The van der Waals surface area contributed by atoms with Gasteiger partial charge in [-0.3, -0.25) is 4.79 Å². The Labute approximate surface area is 151 Å². The predicted octanol–water partition coefficient (Wildman–Crippen LogP) is 3.33. The van der Waals surface area contributed by atoms with Crippen molar-refractivity contribution in [3.63, 3.8) is 0 Å². The summed E-state index contributed by atoms with van der Waals surface area (Å²) in [6, 6.07) is 6.97. The van der Waals surface area contributed by atoms with Gasteiger partial charge in [0.15, 0.2) is 0 Å². The fourth-order valence-electron chi connectivity index (χ4n) is 4.98. The van der Waals surface area contributed by atoms with Crippen molar-refractivity contribution < 1.29 is 4.79 Å². The Hall–Kier alpha value is -1.55. The smallest absolute Gasteiger partial charge is 0.248 e. The minimum Gasteiger partial charge on any atom is -0.371 e. The molecule has 0 aromatic heterocycles. The van der Waals surface area contributed by atoms with Crippen LogP contribution in [0.15, 0.2) is 18.2 Å². The second-order valence-corrected chi connectivity index (χ2v) is 8.47. The number of carbonyl (C=O) groups excluding carboxylic acids is 1. The number of nitrogens with zero attached hydrogens (tertiary/aromatic N) is 2. The third-order valence-corrected chi connectivity index (χ3v) is 7.11. The quantitative estimate of drug-likeness (QED) is 0.917. The molecule has 0 unspecified atom stereocenters. The summed E-state index contributed by atoms with van der Waals surface area (Å²) in [7, 11) is 0. The molecule has 4 nitrogen and oxygen atoms in total. The second kappa shape index (κ2) is 6.64. The zero-order valence-electron chi connectivity index (χ0n) is 15.5. The van der Waals surface area contributed by atoms with Gasteiger partial charge in [0.05, 0.1) is 0 Å². The van der Waals surface area contributed by atoms with Gasteiger partial charge in [-0.2, -0.15) is 0 Å². The maximum Gasteiger partial charge on any atom is 0.248 e. The summed E-state index contributed by atoms with van der Waals surface area (Å²) in [5.74, 6) is -0.333. The molecule has 3 fully saturated rings. The number of carbonyl (C=O) groups is 1. The molecule has 1 aromatic rings. The van der Waals surface area contributed by atoms with Crippen molar-refractivity contribution in [1.82, 2.24) is 4.90 Å². The molecule has 0 atom stereocenters. The molecular formula is C21H31N3O. The fourth-order valence-corrected chi connectivity index (χ4v) is 4.98. The second-order valence-electron chi connectivity index (χ2n) is 8.47. The molecule has 1 aromatic carbocycles. The maximum absolute atomic E-state index is 11.4. The lowest BCUT2D eigenvalue weighted by atomic mass is 9.70. The zero-order valence-corrected chi connectivity index (χ0v) is 15.5. The van der Waals surface area contributed by atoms with Crippen LogP contribution in [0.4, 0.5) is 5.69 Å². The topological polar surface area (TPSA) is 49.6 Å². The molecule has 3 aliphatic rings. The summed E-state index contributed by atoms with van der Waals surface area (Å²) in [5.41, 5.74) is 8.87. The molecule has 1 saturated carbocycles. The van der Waals surface area contributed by atoms with E-state index in [2.05, 4.69) is 21.9 Å². The predicted molar refractivity (Wildman–Crippen MR) is 102 cm³/mol. The molecule has 136 valence electrons. The Bertz CT molecular complexity index is 635. The van der Waals surface area contributed by atoms with Gasteiger partial charge in [0.2, 0.25) is 5.91 Å². The molecule has 2 aliphatic heterocycles. The number of likely N-dealkylation sites (tertiary alicyclic amines) is 1. The van der Waals surface area contributed by atoms with Crippen LogP contribution in [0.5, 0.6) is 0 Å². The van der Waals surface area contributed by atoms with Crippen LogP contribution >= 0.6 is 0 Å². The first-order valence-electron chi connectivity index (χ1n) is 9.96. The monoisotopic (exact) mass is 341 g/mol. The summed E-state index contributed by atoms with van der Waals surface area (Å²) in [5, 5.41) is 0. The number of nitrogens with two attached hydrogens (primary N) is 1. The van der Waals surface area contributed by atoms with E-state index in [1.165, 1.54) is 63.7 Å². The molecule has 4 rings (SSSR count). The SMILES string of the molecule is Cc1cc(N2CCC3(CC2)CCN(C2CCC2)CC3)ccc1C(N)=O. The molecule has 2 N–H and O–H groups in total. The van der Waals surface area contributed by atoms with Crippen LogP contribution in [0, 0.1) is 12.3 Å². The normalized spacial score (nSPS) is 24.3. The molecule has 0 bridgehead atoms. The molecule has 2 saturated heterocycles. The lowest BCUT2D eigenvalue weighted by Gasteiger charge is -2.50. The van der Waals surface area contributed by atoms with Gasteiger partial charge in [0.25, 0.3) is 0 Å². The van der Waals surface area contributed by atoms with E-state index >= 15 is 0 Å². The minimum atomic E-state index is -0.333. The van der Waals surface area contributed by atoms with Crippen molar-refractivity contribution in [2.75, 3.05) is 31.1 Å². The van der Waals surface area contributed by atoms with Crippen molar-refractivity contribution >= 4 is 11.6 Å². The molecule has 1 spiro atoms. The first-order chi connectivity index (χ1) is 12.1. The zero-order chi connectivity index (χ0) is 17.4.